The molecular formula is C10H20O3S. The molecule has 1 saturated carbocycles. The molecule has 84 valence electrons. The zero-order valence-electron chi connectivity index (χ0n) is 8.83. The predicted molar refractivity (Wildman–Crippen MR) is 57.0 cm³/mol. The Morgan fingerprint density at radius 1 is 1.29 bits per heavy atom. The second-order valence-electron chi connectivity index (χ2n) is 4.27. The Morgan fingerprint density at radius 2 is 1.86 bits per heavy atom. The van der Waals surface area contributed by atoms with Crippen LogP contribution in [0.25, 0.3) is 0 Å². The van der Waals surface area contributed by atoms with Gasteiger partial charge in [0.1, 0.15) is 9.84 Å². The highest BCUT2D eigenvalue weighted by atomic mass is 32.2. The number of rotatable bonds is 5. The lowest BCUT2D eigenvalue weighted by Crippen LogP contribution is -2.25. The molecule has 1 N–H and O–H groups in total. The summed E-state index contributed by atoms with van der Waals surface area (Å²) in [6.45, 7) is 1.67. The van der Waals surface area contributed by atoms with Crippen LogP contribution in [0, 0.1) is 0 Å². The van der Waals surface area contributed by atoms with E-state index in [0.717, 1.165) is 25.7 Å². The van der Waals surface area contributed by atoms with Crippen LogP contribution < -0.4 is 0 Å². The van der Waals surface area contributed by atoms with E-state index in [-0.39, 0.29) is 11.5 Å². The van der Waals surface area contributed by atoms with Crippen molar-refractivity contribution < 1.29 is 13.5 Å². The largest absolute Gasteiger partial charge is 0.390 e. The van der Waals surface area contributed by atoms with Crippen molar-refractivity contribution in [2.24, 2.45) is 0 Å². The third-order valence-corrected chi connectivity index (χ3v) is 4.86. The van der Waals surface area contributed by atoms with Gasteiger partial charge in [-0.25, -0.2) is 8.42 Å². The zero-order valence-corrected chi connectivity index (χ0v) is 9.65. The number of hydrogen-bond donors (Lipinski definition) is 1. The van der Waals surface area contributed by atoms with Crippen molar-refractivity contribution in [3.63, 3.8) is 0 Å². The topological polar surface area (TPSA) is 54.4 Å². The first kappa shape index (κ1) is 12.0. The fourth-order valence-corrected chi connectivity index (χ4v) is 2.92. The molecule has 1 fully saturated rings. The molecule has 0 atom stereocenters. The van der Waals surface area contributed by atoms with Crippen molar-refractivity contribution >= 4 is 9.84 Å². The Hall–Kier alpha value is -0.0900. The van der Waals surface area contributed by atoms with Crippen LogP contribution in [-0.4, -0.2) is 30.6 Å². The van der Waals surface area contributed by atoms with E-state index >= 15 is 0 Å². The van der Waals surface area contributed by atoms with E-state index in [9.17, 15) is 13.5 Å². The van der Waals surface area contributed by atoms with Gasteiger partial charge in [-0.1, -0.05) is 19.8 Å². The molecule has 1 aliphatic carbocycles. The smallest absolute Gasteiger partial charge is 0.150 e. The zero-order chi connectivity index (χ0) is 10.7. The molecule has 1 aliphatic rings. The lowest BCUT2D eigenvalue weighted by Gasteiger charge is -2.21. The van der Waals surface area contributed by atoms with Gasteiger partial charge >= 0.3 is 0 Å². The molecule has 0 spiro atoms. The average Bonchev–Trinajstić information content (AvgIpc) is 2.52. The van der Waals surface area contributed by atoms with E-state index < -0.39 is 15.4 Å². The highest BCUT2D eigenvalue weighted by Crippen LogP contribution is 2.33. The van der Waals surface area contributed by atoms with Gasteiger partial charge in [0.2, 0.25) is 0 Å². The van der Waals surface area contributed by atoms with Crippen molar-refractivity contribution in [2.45, 2.75) is 51.0 Å². The van der Waals surface area contributed by atoms with Gasteiger partial charge in [0.15, 0.2) is 0 Å². The minimum Gasteiger partial charge on any atom is -0.390 e. The van der Waals surface area contributed by atoms with Crippen LogP contribution in [0.2, 0.25) is 0 Å². The lowest BCUT2D eigenvalue weighted by molar-refractivity contribution is 0.0383. The summed E-state index contributed by atoms with van der Waals surface area (Å²) in [6.07, 6.45) is 5.10. The summed E-state index contributed by atoms with van der Waals surface area (Å²) in [7, 11) is -2.85. The maximum Gasteiger partial charge on any atom is 0.150 e. The average molecular weight is 220 g/mol. The first-order chi connectivity index (χ1) is 6.47. The van der Waals surface area contributed by atoms with Crippen LogP contribution in [0.15, 0.2) is 0 Å². The molecular weight excluding hydrogens is 200 g/mol. The lowest BCUT2D eigenvalue weighted by atomic mass is 9.97. The molecule has 4 heteroatoms. The molecule has 14 heavy (non-hydrogen) atoms. The maximum absolute atomic E-state index is 11.2. The molecule has 0 heterocycles. The Morgan fingerprint density at radius 3 is 2.36 bits per heavy atom. The van der Waals surface area contributed by atoms with E-state index in [1.54, 1.807) is 6.92 Å². The van der Waals surface area contributed by atoms with E-state index in [4.69, 9.17) is 0 Å². The molecule has 0 unspecified atom stereocenters. The highest BCUT2D eigenvalue weighted by Gasteiger charge is 2.30. The van der Waals surface area contributed by atoms with Gasteiger partial charge in [0, 0.05) is 5.75 Å². The van der Waals surface area contributed by atoms with Crippen LogP contribution in [0.4, 0.5) is 0 Å². The second kappa shape index (κ2) is 4.62. The minimum absolute atomic E-state index is 0.214. The Bertz CT molecular complexity index is 263. The Kier molecular flexibility index (Phi) is 3.95. The fraction of sp³-hybridized carbons (Fsp3) is 1.00. The minimum atomic E-state index is -2.85. The van der Waals surface area contributed by atoms with Gasteiger partial charge < -0.3 is 5.11 Å². The highest BCUT2D eigenvalue weighted by molar-refractivity contribution is 7.91. The van der Waals surface area contributed by atoms with Gasteiger partial charge in [-0.3, -0.25) is 0 Å². The van der Waals surface area contributed by atoms with Crippen molar-refractivity contribution in [2.75, 3.05) is 11.5 Å². The molecule has 1 rings (SSSR count). The standard InChI is InChI=1S/C10H20O3S/c1-2-14(12,13)9-5-8-10(11)6-3-4-7-10/h11H,2-9H2,1H3. The van der Waals surface area contributed by atoms with Crippen LogP contribution >= 0.6 is 0 Å². The van der Waals surface area contributed by atoms with Crippen molar-refractivity contribution in [3.05, 3.63) is 0 Å². The Balaban J connectivity index is 2.27. The number of sulfone groups is 1. The summed E-state index contributed by atoms with van der Waals surface area (Å²) in [6, 6.07) is 0. The molecule has 0 bridgehead atoms. The number of aliphatic hydroxyl groups is 1. The van der Waals surface area contributed by atoms with Crippen LogP contribution in [-0.2, 0) is 9.84 Å². The molecule has 0 radical (unpaired) electrons. The molecule has 0 amide bonds. The van der Waals surface area contributed by atoms with E-state index in [1.165, 1.54) is 0 Å². The van der Waals surface area contributed by atoms with Gasteiger partial charge in [-0.15, -0.1) is 0 Å². The van der Waals surface area contributed by atoms with Crippen molar-refractivity contribution in [1.82, 2.24) is 0 Å². The maximum atomic E-state index is 11.2. The first-order valence-corrected chi connectivity index (χ1v) is 7.22. The molecule has 0 aliphatic heterocycles. The SMILES string of the molecule is CCS(=O)(=O)CCCC1(O)CCCC1. The summed E-state index contributed by atoms with van der Waals surface area (Å²) >= 11 is 0. The fourth-order valence-electron chi connectivity index (χ4n) is 2.05. The molecule has 3 nitrogen and oxygen atoms in total. The third kappa shape index (κ3) is 3.58. The van der Waals surface area contributed by atoms with Gasteiger partial charge in [0.25, 0.3) is 0 Å². The summed E-state index contributed by atoms with van der Waals surface area (Å²) in [5.74, 6) is 0.442. The Labute approximate surface area is 86.4 Å². The molecule has 0 saturated heterocycles. The van der Waals surface area contributed by atoms with E-state index in [0.29, 0.717) is 12.8 Å². The monoisotopic (exact) mass is 220 g/mol. The summed E-state index contributed by atoms with van der Waals surface area (Å²) in [4.78, 5) is 0. The summed E-state index contributed by atoms with van der Waals surface area (Å²) in [5.41, 5.74) is -0.552. The van der Waals surface area contributed by atoms with Crippen LogP contribution in [0.5, 0.6) is 0 Å². The van der Waals surface area contributed by atoms with Crippen LogP contribution in [0.1, 0.15) is 45.4 Å². The third-order valence-electron chi connectivity index (χ3n) is 3.07. The first-order valence-electron chi connectivity index (χ1n) is 5.40. The van der Waals surface area contributed by atoms with Crippen molar-refractivity contribution in [1.29, 1.82) is 0 Å². The number of hydrogen-bond acceptors (Lipinski definition) is 3. The molecule has 0 aromatic carbocycles. The molecule has 0 aromatic rings. The van der Waals surface area contributed by atoms with E-state index in [1.807, 2.05) is 0 Å². The quantitative estimate of drug-likeness (QED) is 0.764. The van der Waals surface area contributed by atoms with Crippen molar-refractivity contribution in [3.8, 4) is 0 Å². The van der Waals surface area contributed by atoms with Gasteiger partial charge in [0.05, 0.1) is 11.4 Å². The second-order valence-corrected chi connectivity index (χ2v) is 6.74. The molecule has 0 aromatic heterocycles. The van der Waals surface area contributed by atoms with Crippen LogP contribution in [0.3, 0.4) is 0 Å². The van der Waals surface area contributed by atoms with Gasteiger partial charge in [-0.2, -0.15) is 0 Å². The summed E-state index contributed by atoms with van der Waals surface area (Å²) in [5, 5.41) is 9.97. The summed E-state index contributed by atoms with van der Waals surface area (Å²) < 4.78 is 22.4. The van der Waals surface area contributed by atoms with Gasteiger partial charge in [-0.05, 0) is 25.7 Å². The normalized spacial score (nSPS) is 21.3. The predicted octanol–water partition coefficient (Wildman–Crippen LogP) is 1.51. The van der Waals surface area contributed by atoms with E-state index in [2.05, 4.69) is 0 Å².